The Bertz CT molecular complexity index is 746. The minimum atomic E-state index is -0.484. The van der Waals surface area contributed by atoms with Gasteiger partial charge >= 0.3 is 0 Å². The Labute approximate surface area is 146 Å². The van der Waals surface area contributed by atoms with Crippen LogP contribution in [0.1, 0.15) is 34.0 Å². The van der Waals surface area contributed by atoms with Gasteiger partial charge in [-0.05, 0) is 63.1 Å². The minimum Gasteiger partial charge on any atom is -0.366 e. The molecule has 0 aliphatic heterocycles. The number of rotatable bonds is 5. The lowest BCUT2D eigenvalue weighted by atomic mass is 10.1. The van der Waals surface area contributed by atoms with Crippen molar-refractivity contribution in [2.24, 2.45) is 5.73 Å². The normalized spacial score (nSPS) is 11.8. The highest BCUT2D eigenvalue weighted by molar-refractivity contribution is 8.00. The van der Waals surface area contributed by atoms with Crippen molar-refractivity contribution in [3.63, 3.8) is 0 Å². The molecular weight excluding hydrogens is 320 g/mol. The molecule has 1 atom stereocenters. The predicted molar refractivity (Wildman–Crippen MR) is 99.6 cm³/mol. The summed E-state index contributed by atoms with van der Waals surface area (Å²) in [4.78, 5) is 24.6. The van der Waals surface area contributed by atoms with Crippen LogP contribution in [0, 0.1) is 20.8 Å². The topological polar surface area (TPSA) is 72.2 Å². The second-order valence-electron chi connectivity index (χ2n) is 5.92. The number of carbonyl (C=O) groups excluding carboxylic acids is 2. The fourth-order valence-corrected chi connectivity index (χ4v) is 3.55. The summed E-state index contributed by atoms with van der Waals surface area (Å²) in [5.41, 5.74) is 9.86. The Balaban J connectivity index is 2.06. The number of benzene rings is 2. The molecule has 0 unspecified atom stereocenters. The van der Waals surface area contributed by atoms with Crippen LogP contribution in [-0.2, 0) is 4.79 Å². The van der Waals surface area contributed by atoms with E-state index in [1.165, 1.54) is 16.7 Å². The maximum absolute atomic E-state index is 12.4. The van der Waals surface area contributed by atoms with Gasteiger partial charge in [0.2, 0.25) is 11.8 Å². The van der Waals surface area contributed by atoms with Gasteiger partial charge in [0.15, 0.2) is 0 Å². The molecule has 0 fully saturated rings. The summed E-state index contributed by atoms with van der Waals surface area (Å²) in [5.74, 6) is -0.562. The lowest BCUT2D eigenvalue weighted by molar-refractivity contribution is -0.115. The SMILES string of the molecule is Cc1cc(C)c(S[C@@H](C)C(=O)Nc2ccc(C(N)=O)cc2)c(C)c1. The van der Waals surface area contributed by atoms with Gasteiger partial charge in [0, 0.05) is 16.1 Å². The zero-order valence-corrected chi connectivity index (χ0v) is 15.2. The van der Waals surface area contributed by atoms with E-state index in [4.69, 9.17) is 5.73 Å². The van der Waals surface area contributed by atoms with Crippen LogP contribution in [0.25, 0.3) is 0 Å². The third-order valence-corrected chi connectivity index (χ3v) is 5.15. The lowest BCUT2D eigenvalue weighted by Gasteiger charge is -2.16. The largest absolute Gasteiger partial charge is 0.366 e. The zero-order chi connectivity index (χ0) is 17.9. The summed E-state index contributed by atoms with van der Waals surface area (Å²) in [5, 5.41) is 2.63. The standard InChI is InChI=1S/C19H22N2O2S/c1-11-9-12(2)17(13(3)10-11)24-14(4)19(23)21-16-7-5-15(6-8-16)18(20)22/h5-10,14H,1-4H3,(H2,20,22)(H,21,23)/t14-/m0/s1. The maximum Gasteiger partial charge on any atom is 0.248 e. The van der Waals surface area contributed by atoms with Gasteiger partial charge in [0.1, 0.15) is 0 Å². The molecule has 5 heteroatoms. The number of nitrogens with one attached hydrogen (secondary N) is 1. The summed E-state index contributed by atoms with van der Waals surface area (Å²) >= 11 is 1.55. The Hall–Kier alpha value is -2.27. The van der Waals surface area contributed by atoms with Crippen molar-refractivity contribution in [1.29, 1.82) is 0 Å². The highest BCUT2D eigenvalue weighted by Crippen LogP contribution is 2.31. The highest BCUT2D eigenvalue weighted by Gasteiger charge is 2.17. The number of hydrogen-bond acceptors (Lipinski definition) is 3. The number of primary amides is 1. The van der Waals surface area contributed by atoms with E-state index in [2.05, 4.69) is 38.2 Å². The molecule has 2 amide bonds. The summed E-state index contributed by atoms with van der Waals surface area (Å²) in [6.45, 7) is 8.09. The molecule has 0 radical (unpaired) electrons. The third kappa shape index (κ3) is 4.38. The Morgan fingerprint density at radius 2 is 1.58 bits per heavy atom. The van der Waals surface area contributed by atoms with E-state index in [0.29, 0.717) is 11.3 Å². The van der Waals surface area contributed by atoms with Crippen LogP contribution in [0.2, 0.25) is 0 Å². The summed E-state index contributed by atoms with van der Waals surface area (Å²) in [7, 11) is 0. The average Bonchev–Trinajstić information content (AvgIpc) is 2.51. The van der Waals surface area contributed by atoms with E-state index in [1.54, 1.807) is 36.0 Å². The van der Waals surface area contributed by atoms with Gasteiger partial charge in [-0.2, -0.15) is 0 Å². The molecule has 0 saturated carbocycles. The minimum absolute atomic E-state index is 0.0776. The van der Waals surface area contributed by atoms with Gasteiger partial charge in [-0.15, -0.1) is 11.8 Å². The molecule has 0 spiro atoms. The molecule has 0 aliphatic carbocycles. The number of amides is 2. The number of anilines is 1. The molecule has 4 nitrogen and oxygen atoms in total. The molecule has 2 aromatic carbocycles. The molecule has 24 heavy (non-hydrogen) atoms. The summed E-state index contributed by atoms with van der Waals surface area (Å²) in [6.07, 6.45) is 0. The third-order valence-electron chi connectivity index (χ3n) is 3.71. The first kappa shape index (κ1) is 18.1. The van der Waals surface area contributed by atoms with Crippen LogP contribution in [0.4, 0.5) is 5.69 Å². The van der Waals surface area contributed by atoms with Gasteiger partial charge in [-0.1, -0.05) is 17.7 Å². The number of aryl methyl sites for hydroxylation is 3. The summed E-state index contributed by atoms with van der Waals surface area (Å²) < 4.78 is 0. The smallest absolute Gasteiger partial charge is 0.248 e. The molecular formula is C19H22N2O2S. The maximum atomic E-state index is 12.4. The molecule has 126 valence electrons. The van der Waals surface area contributed by atoms with Crippen molar-refractivity contribution < 1.29 is 9.59 Å². The second kappa shape index (κ2) is 7.53. The fourth-order valence-electron chi connectivity index (χ4n) is 2.54. The monoisotopic (exact) mass is 342 g/mol. The Morgan fingerprint density at radius 3 is 2.08 bits per heavy atom. The van der Waals surface area contributed by atoms with Crippen LogP contribution in [0.15, 0.2) is 41.3 Å². The van der Waals surface area contributed by atoms with E-state index in [0.717, 1.165) is 4.90 Å². The van der Waals surface area contributed by atoms with Crippen LogP contribution < -0.4 is 11.1 Å². The molecule has 2 aromatic rings. The fraction of sp³-hybridized carbons (Fsp3) is 0.263. The molecule has 2 rings (SSSR count). The van der Waals surface area contributed by atoms with Crippen molar-refractivity contribution in [2.45, 2.75) is 37.8 Å². The van der Waals surface area contributed by atoms with Gasteiger partial charge < -0.3 is 11.1 Å². The number of hydrogen-bond donors (Lipinski definition) is 2. The van der Waals surface area contributed by atoms with Crippen molar-refractivity contribution >= 4 is 29.3 Å². The van der Waals surface area contributed by atoms with Gasteiger partial charge in [0.25, 0.3) is 0 Å². The van der Waals surface area contributed by atoms with E-state index in [-0.39, 0.29) is 11.2 Å². The van der Waals surface area contributed by atoms with Crippen molar-refractivity contribution in [1.82, 2.24) is 0 Å². The van der Waals surface area contributed by atoms with Gasteiger partial charge in [-0.3, -0.25) is 9.59 Å². The first-order chi connectivity index (χ1) is 11.3. The van der Waals surface area contributed by atoms with Crippen molar-refractivity contribution in [3.05, 3.63) is 58.7 Å². The second-order valence-corrected chi connectivity index (χ2v) is 7.27. The lowest BCUT2D eigenvalue weighted by Crippen LogP contribution is -2.22. The molecule has 0 saturated heterocycles. The number of thioether (sulfide) groups is 1. The number of carbonyl (C=O) groups is 2. The Kier molecular flexibility index (Phi) is 5.67. The van der Waals surface area contributed by atoms with E-state index >= 15 is 0 Å². The molecule has 0 aliphatic rings. The highest BCUT2D eigenvalue weighted by atomic mass is 32.2. The van der Waals surface area contributed by atoms with Gasteiger partial charge in [-0.25, -0.2) is 0 Å². The van der Waals surface area contributed by atoms with Crippen LogP contribution in [0.5, 0.6) is 0 Å². The van der Waals surface area contributed by atoms with Crippen molar-refractivity contribution in [3.8, 4) is 0 Å². The van der Waals surface area contributed by atoms with Gasteiger partial charge in [0.05, 0.1) is 5.25 Å². The quantitative estimate of drug-likeness (QED) is 0.811. The summed E-state index contributed by atoms with van der Waals surface area (Å²) in [6, 6.07) is 10.8. The zero-order valence-electron chi connectivity index (χ0n) is 14.3. The predicted octanol–water partition coefficient (Wildman–Crippen LogP) is 3.83. The average molecular weight is 342 g/mol. The van der Waals surface area contributed by atoms with E-state index in [9.17, 15) is 9.59 Å². The van der Waals surface area contributed by atoms with Crippen LogP contribution >= 0.6 is 11.8 Å². The first-order valence-electron chi connectivity index (χ1n) is 7.73. The van der Waals surface area contributed by atoms with E-state index in [1.807, 2.05) is 6.92 Å². The molecule has 0 heterocycles. The van der Waals surface area contributed by atoms with Crippen molar-refractivity contribution in [2.75, 3.05) is 5.32 Å². The van der Waals surface area contributed by atoms with Crippen LogP contribution in [0.3, 0.4) is 0 Å². The van der Waals surface area contributed by atoms with E-state index < -0.39 is 5.91 Å². The Morgan fingerprint density at radius 1 is 1.04 bits per heavy atom. The molecule has 0 aromatic heterocycles. The molecule has 3 N–H and O–H groups in total. The molecule has 0 bridgehead atoms. The number of nitrogens with two attached hydrogens (primary N) is 1. The van der Waals surface area contributed by atoms with Crippen LogP contribution in [-0.4, -0.2) is 17.1 Å². The first-order valence-corrected chi connectivity index (χ1v) is 8.61.